The fourth-order valence-corrected chi connectivity index (χ4v) is 4.58. The number of amides is 1. The summed E-state index contributed by atoms with van der Waals surface area (Å²) in [6.45, 7) is 1.94. The molecule has 1 amide bonds. The summed E-state index contributed by atoms with van der Waals surface area (Å²) in [7, 11) is 0. The first kappa shape index (κ1) is 16.2. The Balaban J connectivity index is 1.58. The first-order chi connectivity index (χ1) is 12.2. The van der Waals surface area contributed by atoms with E-state index in [9.17, 15) is 4.79 Å². The van der Waals surface area contributed by atoms with Gasteiger partial charge in [0.25, 0.3) is 5.91 Å². The van der Waals surface area contributed by atoms with Crippen molar-refractivity contribution in [2.45, 2.75) is 44.1 Å². The van der Waals surface area contributed by atoms with E-state index in [0.29, 0.717) is 11.0 Å². The van der Waals surface area contributed by atoms with Crippen LogP contribution in [0.2, 0.25) is 0 Å². The number of hydrogen-bond donors (Lipinski definition) is 2. The Morgan fingerprint density at radius 3 is 2.48 bits per heavy atom. The lowest BCUT2D eigenvalue weighted by atomic mass is 9.71. The minimum absolute atomic E-state index is 0.325. The Morgan fingerprint density at radius 1 is 1.04 bits per heavy atom. The fourth-order valence-electron chi connectivity index (χ4n) is 4.58. The smallest absolute Gasteiger partial charge is 0.274 e. The zero-order valence-corrected chi connectivity index (χ0v) is 14.4. The number of hydrogen-bond acceptors (Lipinski definition) is 3. The Morgan fingerprint density at radius 2 is 1.76 bits per heavy atom. The predicted octanol–water partition coefficient (Wildman–Crippen LogP) is 4.03. The lowest BCUT2D eigenvalue weighted by Gasteiger charge is -2.34. The van der Waals surface area contributed by atoms with Crippen LogP contribution in [0.5, 0.6) is 0 Å². The molecule has 0 unspecified atom stereocenters. The maximum absolute atomic E-state index is 11.5. The number of rotatable bonds is 3. The molecular weight excluding hydrogens is 312 g/mol. The highest BCUT2D eigenvalue weighted by Gasteiger charge is 2.42. The van der Waals surface area contributed by atoms with Gasteiger partial charge in [0.15, 0.2) is 0 Å². The molecule has 2 N–H and O–H groups in total. The molecule has 1 aliphatic carbocycles. The van der Waals surface area contributed by atoms with Crippen LogP contribution in [0.1, 0.15) is 53.6 Å². The summed E-state index contributed by atoms with van der Waals surface area (Å²) in [5.41, 5.74) is 6.53. The highest BCUT2D eigenvalue weighted by molar-refractivity contribution is 5.93. The number of carbonyl (C=O) groups is 1. The SMILES string of the molecule is O=C(NO)c1ccc(CN2CC3(CCCCC3)c3ccccc32)cc1. The Hall–Kier alpha value is -2.33. The quantitative estimate of drug-likeness (QED) is 0.657. The van der Waals surface area contributed by atoms with Crippen molar-refractivity contribution in [2.75, 3.05) is 11.4 Å². The molecule has 2 aliphatic rings. The molecule has 1 aliphatic heterocycles. The van der Waals surface area contributed by atoms with Crippen molar-refractivity contribution >= 4 is 11.6 Å². The third-order valence-electron chi connectivity index (χ3n) is 5.81. The predicted molar refractivity (Wildman–Crippen MR) is 97.9 cm³/mol. The first-order valence-corrected chi connectivity index (χ1v) is 9.10. The molecular formula is C21H24N2O2. The van der Waals surface area contributed by atoms with Gasteiger partial charge in [-0.1, -0.05) is 49.6 Å². The Kier molecular flexibility index (Phi) is 4.22. The minimum Gasteiger partial charge on any atom is -0.366 e. The van der Waals surface area contributed by atoms with Crippen LogP contribution in [0.15, 0.2) is 48.5 Å². The highest BCUT2D eigenvalue weighted by atomic mass is 16.5. The second-order valence-electron chi connectivity index (χ2n) is 7.35. The molecule has 2 aromatic rings. The van der Waals surface area contributed by atoms with Crippen LogP contribution >= 0.6 is 0 Å². The molecule has 4 rings (SSSR count). The van der Waals surface area contributed by atoms with Crippen molar-refractivity contribution in [1.82, 2.24) is 5.48 Å². The summed E-state index contributed by atoms with van der Waals surface area (Å²) >= 11 is 0. The number of hydroxylamine groups is 1. The van der Waals surface area contributed by atoms with Crippen LogP contribution in [0.4, 0.5) is 5.69 Å². The number of anilines is 1. The monoisotopic (exact) mass is 336 g/mol. The zero-order chi connectivity index (χ0) is 17.3. The van der Waals surface area contributed by atoms with Gasteiger partial charge >= 0.3 is 0 Å². The van der Waals surface area contributed by atoms with Gasteiger partial charge < -0.3 is 4.90 Å². The van der Waals surface area contributed by atoms with Crippen molar-refractivity contribution in [1.29, 1.82) is 0 Å². The molecule has 1 fully saturated rings. The van der Waals surface area contributed by atoms with Crippen LogP contribution in [0.25, 0.3) is 0 Å². The van der Waals surface area contributed by atoms with Crippen molar-refractivity contribution in [3.05, 3.63) is 65.2 Å². The summed E-state index contributed by atoms with van der Waals surface area (Å²) in [5.74, 6) is -0.473. The molecule has 0 aromatic heterocycles. The summed E-state index contributed by atoms with van der Waals surface area (Å²) in [6, 6.07) is 16.3. The summed E-state index contributed by atoms with van der Waals surface area (Å²) in [6.07, 6.45) is 6.59. The summed E-state index contributed by atoms with van der Waals surface area (Å²) in [5, 5.41) is 8.73. The molecule has 25 heavy (non-hydrogen) atoms. The Bertz CT molecular complexity index is 764. The van der Waals surface area contributed by atoms with E-state index in [4.69, 9.17) is 5.21 Å². The summed E-state index contributed by atoms with van der Waals surface area (Å²) < 4.78 is 0. The largest absolute Gasteiger partial charge is 0.366 e. The van der Waals surface area contributed by atoms with Crippen LogP contribution in [-0.4, -0.2) is 17.7 Å². The van der Waals surface area contributed by atoms with E-state index in [1.807, 2.05) is 12.1 Å². The zero-order valence-electron chi connectivity index (χ0n) is 14.4. The van der Waals surface area contributed by atoms with E-state index in [2.05, 4.69) is 29.2 Å². The molecule has 1 spiro atoms. The molecule has 2 aromatic carbocycles. The molecule has 0 saturated heterocycles. The van der Waals surface area contributed by atoms with Gasteiger partial charge in [-0.05, 0) is 42.2 Å². The van der Waals surface area contributed by atoms with Crippen LogP contribution in [0, 0.1) is 0 Å². The van der Waals surface area contributed by atoms with Crippen LogP contribution < -0.4 is 10.4 Å². The number of para-hydroxylation sites is 1. The molecule has 0 atom stereocenters. The van der Waals surface area contributed by atoms with Crippen molar-refractivity contribution in [3.63, 3.8) is 0 Å². The number of benzene rings is 2. The topological polar surface area (TPSA) is 52.6 Å². The third kappa shape index (κ3) is 2.91. The molecule has 1 saturated carbocycles. The van der Waals surface area contributed by atoms with Crippen molar-refractivity contribution in [2.24, 2.45) is 0 Å². The highest BCUT2D eigenvalue weighted by Crippen LogP contribution is 2.49. The number of carbonyl (C=O) groups excluding carboxylic acids is 1. The second-order valence-corrected chi connectivity index (χ2v) is 7.35. The normalized spacial score (nSPS) is 18.2. The van der Waals surface area contributed by atoms with E-state index >= 15 is 0 Å². The Labute approximate surface area is 148 Å². The maximum atomic E-state index is 11.5. The second kappa shape index (κ2) is 6.52. The van der Waals surface area contributed by atoms with E-state index in [-0.39, 0.29) is 0 Å². The van der Waals surface area contributed by atoms with Crippen LogP contribution in [0.3, 0.4) is 0 Å². The van der Waals surface area contributed by atoms with Crippen molar-refractivity contribution in [3.8, 4) is 0 Å². The molecule has 0 bridgehead atoms. The fraction of sp³-hybridized carbons (Fsp3) is 0.381. The van der Waals surface area contributed by atoms with Gasteiger partial charge in [0.05, 0.1) is 0 Å². The lowest BCUT2D eigenvalue weighted by molar-refractivity contribution is 0.0706. The van der Waals surface area contributed by atoms with Gasteiger partial charge in [-0.15, -0.1) is 0 Å². The van der Waals surface area contributed by atoms with E-state index in [0.717, 1.165) is 13.1 Å². The van der Waals surface area contributed by atoms with Gasteiger partial charge in [-0.2, -0.15) is 0 Å². The maximum Gasteiger partial charge on any atom is 0.274 e. The standard InChI is InChI=1S/C21H24N2O2/c24-20(22-25)17-10-8-16(9-11-17)14-23-15-21(12-4-1-5-13-21)18-6-2-3-7-19(18)23/h2-3,6-11,25H,1,4-5,12-15H2,(H,22,24). The molecule has 4 nitrogen and oxygen atoms in total. The molecule has 4 heteroatoms. The number of nitrogens with zero attached hydrogens (tertiary/aromatic N) is 1. The number of nitrogens with one attached hydrogen (secondary N) is 1. The summed E-state index contributed by atoms with van der Waals surface area (Å²) in [4.78, 5) is 14.0. The van der Waals surface area contributed by atoms with Gasteiger partial charge in [-0.3, -0.25) is 10.0 Å². The molecule has 1 heterocycles. The average molecular weight is 336 g/mol. The van der Waals surface area contributed by atoms with E-state index in [1.165, 1.54) is 48.9 Å². The molecule has 0 radical (unpaired) electrons. The molecule has 130 valence electrons. The minimum atomic E-state index is -0.473. The first-order valence-electron chi connectivity index (χ1n) is 9.10. The third-order valence-corrected chi connectivity index (χ3v) is 5.81. The van der Waals surface area contributed by atoms with Gasteiger partial charge in [0, 0.05) is 29.8 Å². The lowest BCUT2D eigenvalue weighted by Crippen LogP contribution is -2.35. The van der Waals surface area contributed by atoms with Gasteiger partial charge in [-0.25, -0.2) is 5.48 Å². The van der Waals surface area contributed by atoms with Gasteiger partial charge in [0.2, 0.25) is 0 Å². The van der Waals surface area contributed by atoms with Crippen LogP contribution in [-0.2, 0) is 12.0 Å². The number of fused-ring (bicyclic) bond motifs is 2. The van der Waals surface area contributed by atoms with E-state index in [1.54, 1.807) is 17.6 Å². The average Bonchev–Trinajstić information content (AvgIpc) is 2.96. The van der Waals surface area contributed by atoms with Crippen molar-refractivity contribution < 1.29 is 10.0 Å². The van der Waals surface area contributed by atoms with Gasteiger partial charge in [0.1, 0.15) is 0 Å². The van der Waals surface area contributed by atoms with E-state index < -0.39 is 5.91 Å².